The summed E-state index contributed by atoms with van der Waals surface area (Å²) in [6.45, 7) is 0.726. The summed E-state index contributed by atoms with van der Waals surface area (Å²) in [4.78, 5) is 4.28. The van der Waals surface area contributed by atoms with Crippen molar-refractivity contribution in [3.63, 3.8) is 0 Å². The second kappa shape index (κ2) is 3.98. The Labute approximate surface area is 112 Å². The van der Waals surface area contributed by atoms with E-state index in [2.05, 4.69) is 23.2 Å². The van der Waals surface area contributed by atoms with Gasteiger partial charge in [-0.3, -0.25) is 0 Å². The van der Waals surface area contributed by atoms with Crippen molar-refractivity contribution in [2.45, 2.75) is 25.7 Å². The molecule has 0 unspecified atom stereocenters. The summed E-state index contributed by atoms with van der Waals surface area (Å²) in [6.07, 6.45) is 6.32. The molecule has 1 aliphatic carbocycles. The third-order valence-electron chi connectivity index (χ3n) is 4.16. The number of hydrogen-bond donors (Lipinski definition) is 1. The Morgan fingerprint density at radius 1 is 1.05 bits per heavy atom. The van der Waals surface area contributed by atoms with Crippen LogP contribution in [0.4, 0.5) is 5.69 Å². The van der Waals surface area contributed by atoms with E-state index in [0.717, 1.165) is 36.6 Å². The summed E-state index contributed by atoms with van der Waals surface area (Å²) in [7, 11) is 0. The van der Waals surface area contributed by atoms with Gasteiger partial charge in [-0.05, 0) is 54.2 Å². The zero-order valence-electron chi connectivity index (χ0n) is 10.8. The van der Waals surface area contributed by atoms with Crippen molar-refractivity contribution in [1.29, 1.82) is 0 Å². The molecule has 0 radical (unpaired) electrons. The second-order valence-corrected chi connectivity index (χ2v) is 5.30. The van der Waals surface area contributed by atoms with Gasteiger partial charge < -0.3 is 10.5 Å². The number of anilines is 1. The fraction of sp³-hybridized carbons (Fsp3) is 0.312. The van der Waals surface area contributed by atoms with Crippen LogP contribution in [0.1, 0.15) is 23.1 Å². The molecule has 2 aromatic rings. The van der Waals surface area contributed by atoms with E-state index < -0.39 is 0 Å². The van der Waals surface area contributed by atoms with Crippen molar-refractivity contribution in [2.24, 2.45) is 0 Å². The summed E-state index contributed by atoms with van der Waals surface area (Å²) in [5.41, 5.74) is 13.5. The Kier molecular flexibility index (Phi) is 2.28. The molecule has 96 valence electrons. The van der Waals surface area contributed by atoms with Crippen LogP contribution in [0.25, 0.3) is 11.1 Å². The standard InChI is InChI=1S/C16H16N2O/c17-15-9-11-3-1-2-10(11)8-14(15)12-4-6-18-16-13(12)5-7-19-16/h4,6,8-9H,1-3,5,7,17H2. The van der Waals surface area contributed by atoms with Gasteiger partial charge >= 0.3 is 0 Å². The summed E-state index contributed by atoms with van der Waals surface area (Å²) in [5.74, 6) is 0.775. The Hall–Kier alpha value is -2.03. The summed E-state index contributed by atoms with van der Waals surface area (Å²) in [6, 6.07) is 6.48. The van der Waals surface area contributed by atoms with E-state index in [0.29, 0.717) is 0 Å². The Morgan fingerprint density at radius 3 is 2.79 bits per heavy atom. The first kappa shape index (κ1) is 10.9. The number of benzene rings is 1. The monoisotopic (exact) mass is 252 g/mol. The Morgan fingerprint density at radius 2 is 1.89 bits per heavy atom. The van der Waals surface area contributed by atoms with E-state index in [1.165, 1.54) is 35.1 Å². The number of nitrogens with zero attached hydrogens (tertiary/aromatic N) is 1. The largest absolute Gasteiger partial charge is 0.477 e. The molecule has 1 aromatic heterocycles. The highest BCUT2D eigenvalue weighted by Crippen LogP contribution is 2.38. The SMILES string of the molecule is Nc1cc2c(cc1-c1ccnc3c1CCO3)CCC2. The highest BCUT2D eigenvalue weighted by atomic mass is 16.5. The molecule has 2 heterocycles. The van der Waals surface area contributed by atoms with E-state index in [4.69, 9.17) is 10.5 Å². The summed E-state index contributed by atoms with van der Waals surface area (Å²) >= 11 is 0. The molecule has 3 nitrogen and oxygen atoms in total. The van der Waals surface area contributed by atoms with Crippen molar-refractivity contribution in [1.82, 2.24) is 4.98 Å². The quantitative estimate of drug-likeness (QED) is 0.794. The first-order valence-electron chi connectivity index (χ1n) is 6.85. The van der Waals surface area contributed by atoms with Crippen LogP contribution in [0.3, 0.4) is 0 Å². The van der Waals surface area contributed by atoms with Gasteiger partial charge in [0.1, 0.15) is 0 Å². The van der Waals surface area contributed by atoms with Crippen LogP contribution in [0, 0.1) is 0 Å². The maximum atomic E-state index is 6.26. The first-order valence-corrected chi connectivity index (χ1v) is 6.85. The van der Waals surface area contributed by atoms with Gasteiger partial charge in [-0.2, -0.15) is 0 Å². The maximum absolute atomic E-state index is 6.26. The third kappa shape index (κ3) is 1.61. The van der Waals surface area contributed by atoms with Gasteiger partial charge in [-0.25, -0.2) is 4.98 Å². The fourth-order valence-electron chi connectivity index (χ4n) is 3.22. The Balaban J connectivity index is 1.92. The predicted octanol–water partition coefficient (Wildman–Crippen LogP) is 2.75. The number of aromatic nitrogens is 1. The molecule has 0 atom stereocenters. The third-order valence-corrected chi connectivity index (χ3v) is 4.16. The van der Waals surface area contributed by atoms with Crippen molar-refractivity contribution >= 4 is 5.69 Å². The molecule has 2 N–H and O–H groups in total. The maximum Gasteiger partial charge on any atom is 0.217 e. The molecule has 1 aliphatic heterocycles. The smallest absolute Gasteiger partial charge is 0.217 e. The minimum absolute atomic E-state index is 0.726. The average Bonchev–Trinajstić information content (AvgIpc) is 3.04. The van der Waals surface area contributed by atoms with Crippen LogP contribution in [0.15, 0.2) is 24.4 Å². The molecule has 19 heavy (non-hydrogen) atoms. The highest BCUT2D eigenvalue weighted by Gasteiger charge is 2.21. The van der Waals surface area contributed by atoms with Crippen LogP contribution in [-0.4, -0.2) is 11.6 Å². The van der Waals surface area contributed by atoms with Crippen molar-refractivity contribution < 1.29 is 4.74 Å². The van der Waals surface area contributed by atoms with Gasteiger partial charge in [0, 0.05) is 29.4 Å². The molecular formula is C16H16N2O. The molecular weight excluding hydrogens is 236 g/mol. The van der Waals surface area contributed by atoms with E-state index >= 15 is 0 Å². The van der Waals surface area contributed by atoms with Gasteiger partial charge in [0.2, 0.25) is 5.88 Å². The number of pyridine rings is 1. The van der Waals surface area contributed by atoms with Gasteiger partial charge in [0.15, 0.2) is 0 Å². The number of nitrogen functional groups attached to an aromatic ring is 1. The second-order valence-electron chi connectivity index (χ2n) is 5.30. The lowest BCUT2D eigenvalue weighted by molar-refractivity contribution is 0.345. The number of hydrogen-bond acceptors (Lipinski definition) is 3. The average molecular weight is 252 g/mol. The molecule has 0 amide bonds. The molecule has 2 aliphatic rings. The lowest BCUT2D eigenvalue weighted by Gasteiger charge is -2.12. The predicted molar refractivity (Wildman–Crippen MR) is 75.3 cm³/mol. The van der Waals surface area contributed by atoms with Crippen LogP contribution in [0.2, 0.25) is 0 Å². The Bertz CT molecular complexity index is 664. The molecule has 3 heteroatoms. The molecule has 0 saturated carbocycles. The van der Waals surface area contributed by atoms with Crippen molar-refractivity contribution in [2.75, 3.05) is 12.3 Å². The molecule has 0 bridgehead atoms. The van der Waals surface area contributed by atoms with E-state index in [9.17, 15) is 0 Å². The number of aryl methyl sites for hydroxylation is 2. The molecule has 0 spiro atoms. The van der Waals surface area contributed by atoms with Crippen LogP contribution in [-0.2, 0) is 19.3 Å². The summed E-state index contributed by atoms with van der Waals surface area (Å²) < 4.78 is 5.54. The lowest BCUT2D eigenvalue weighted by atomic mass is 9.95. The van der Waals surface area contributed by atoms with Crippen molar-refractivity contribution in [3.8, 4) is 17.0 Å². The summed E-state index contributed by atoms with van der Waals surface area (Å²) in [5, 5.41) is 0. The zero-order valence-corrected chi connectivity index (χ0v) is 10.8. The fourth-order valence-corrected chi connectivity index (χ4v) is 3.22. The van der Waals surface area contributed by atoms with Gasteiger partial charge in [-0.15, -0.1) is 0 Å². The van der Waals surface area contributed by atoms with Gasteiger partial charge in [0.05, 0.1) is 6.61 Å². The molecule has 0 fully saturated rings. The topological polar surface area (TPSA) is 48.1 Å². The molecule has 4 rings (SSSR count). The van der Waals surface area contributed by atoms with Crippen molar-refractivity contribution in [3.05, 3.63) is 41.1 Å². The number of nitrogens with two attached hydrogens (primary N) is 1. The van der Waals surface area contributed by atoms with Crippen LogP contribution >= 0.6 is 0 Å². The first-order chi connectivity index (χ1) is 9.33. The number of ether oxygens (including phenoxy) is 1. The normalized spacial score (nSPS) is 16.0. The number of rotatable bonds is 1. The minimum Gasteiger partial charge on any atom is -0.477 e. The van der Waals surface area contributed by atoms with E-state index in [-0.39, 0.29) is 0 Å². The van der Waals surface area contributed by atoms with Crippen LogP contribution < -0.4 is 10.5 Å². The van der Waals surface area contributed by atoms with Gasteiger partial charge in [0.25, 0.3) is 0 Å². The zero-order chi connectivity index (χ0) is 12.8. The van der Waals surface area contributed by atoms with Crippen LogP contribution in [0.5, 0.6) is 5.88 Å². The highest BCUT2D eigenvalue weighted by molar-refractivity contribution is 5.81. The van der Waals surface area contributed by atoms with E-state index in [1.54, 1.807) is 0 Å². The molecule has 0 saturated heterocycles. The van der Waals surface area contributed by atoms with Gasteiger partial charge in [-0.1, -0.05) is 0 Å². The minimum atomic E-state index is 0.726. The molecule has 1 aromatic carbocycles. The van der Waals surface area contributed by atoms with E-state index in [1.807, 2.05) is 6.20 Å². The number of fused-ring (bicyclic) bond motifs is 2. The lowest BCUT2D eigenvalue weighted by Crippen LogP contribution is -1.96.